The summed E-state index contributed by atoms with van der Waals surface area (Å²) < 4.78 is 0. The summed E-state index contributed by atoms with van der Waals surface area (Å²) >= 11 is 0. The zero-order valence-corrected chi connectivity index (χ0v) is 41.4. The van der Waals surface area contributed by atoms with Crippen LogP contribution in [0.15, 0.2) is 242 Å². The molecule has 1 aromatic heterocycles. The van der Waals surface area contributed by atoms with Crippen molar-refractivity contribution in [3.05, 3.63) is 298 Å². The first kappa shape index (κ1) is 52.8. The fourth-order valence-corrected chi connectivity index (χ4v) is 8.81. The third-order valence-corrected chi connectivity index (χ3v) is 12.1. The van der Waals surface area contributed by atoms with Crippen molar-refractivity contribution in [2.24, 2.45) is 4.99 Å². The Morgan fingerprint density at radius 2 is 0.789 bits per heavy atom. The van der Waals surface area contributed by atoms with Crippen molar-refractivity contribution in [2.45, 2.75) is 45.3 Å². The molecule has 2 atom stereocenters. The molecule has 1 heterocycles. The molecule has 71 heavy (non-hydrogen) atoms. The van der Waals surface area contributed by atoms with Crippen molar-refractivity contribution < 1.29 is 40.6 Å². The molecule has 0 radical (unpaired) electrons. The van der Waals surface area contributed by atoms with E-state index in [9.17, 15) is 14.4 Å². The third-order valence-electron chi connectivity index (χ3n) is 12.1. The van der Waals surface area contributed by atoms with Crippen LogP contribution in [0.5, 0.6) is 0 Å². The summed E-state index contributed by atoms with van der Waals surface area (Å²) in [6, 6.07) is 78.2. The van der Waals surface area contributed by atoms with Crippen molar-refractivity contribution in [3.8, 4) is 22.3 Å². The predicted octanol–water partition coefficient (Wildman–Crippen LogP) is 14.3. The number of carbonyl (C=O) groups excluding carboxylic acids is 3. The monoisotopic (exact) mass is 1000 g/mol. The second-order valence-electron chi connectivity index (χ2n) is 16.6. The summed E-state index contributed by atoms with van der Waals surface area (Å²) in [5, 5.41) is 5.72. The van der Waals surface area contributed by atoms with Gasteiger partial charge in [0.1, 0.15) is 0 Å². The normalized spacial score (nSPS) is 12.4. The molecular weight excluding hydrogens is 950 g/mol. The maximum atomic E-state index is 9.88. The number of fused-ring (bicyclic) bond motifs is 6. The molecule has 2 unspecified atom stereocenters. The summed E-state index contributed by atoms with van der Waals surface area (Å²) in [4.78, 5) is 40.1. The fraction of sp³-hybridized carbons (Fsp3) is 0.109. The van der Waals surface area contributed by atoms with E-state index < -0.39 is 5.54 Å². The Morgan fingerprint density at radius 3 is 1.20 bits per heavy atom. The molecule has 2 aliphatic rings. The Morgan fingerprint density at radius 1 is 0.437 bits per heavy atom. The number of hydrogen-bond acceptors (Lipinski definition) is 5. The Balaban J connectivity index is 0.000000259. The molecular formula is C64H53N3O3Zr-2. The van der Waals surface area contributed by atoms with Crippen LogP contribution in [0.25, 0.3) is 27.6 Å². The molecule has 0 amide bonds. The summed E-state index contributed by atoms with van der Waals surface area (Å²) in [6.07, 6.45) is 6.12. The molecule has 348 valence electrons. The molecule has 0 aliphatic heterocycles. The third kappa shape index (κ3) is 12.6. The Hall–Kier alpha value is -7.57. The van der Waals surface area contributed by atoms with Gasteiger partial charge in [-0.05, 0) is 64.4 Å². The van der Waals surface area contributed by atoms with Gasteiger partial charge in [-0.15, -0.1) is 36.4 Å². The number of aliphatic imine (C=N–C) groups is 1. The van der Waals surface area contributed by atoms with Gasteiger partial charge in [0, 0.05) is 16.8 Å². The maximum Gasteiger partial charge on any atom is 2.00 e. The molecule has 0 bridgehead atoms. The van der Waals surface area contributed by atoms with Crippen molar-refractivity contribution >= 4 is 24.6 Å². The van der Waals surface area contributed by atoms with E-state index in [1.54, 1.807) is 91.7 Å². The molecule has 11 rings (SSSR count). The molecule has 6 nitrogen and oxygen atoms in total. The Kier molecular flexibility index (Phi) is 19.2. The van der Waals surface area contributed by atoms with E-state index in [4.69, 9.17) is 15.3 Å². The number of nitrogens with zero attached hydrogens (tertiary/aromatic N) is 3. The summed E-state index contributed by atoms with van der Waals surface area (Å²) in [6.45, 7) is 4.33. The first-order valence-electron chi connectivity index (χ1n) is 22.9. The number of aromatic nitrogens is 1. The van der Waals surface area contributed by atoms with Crippen molar-refractivity contribution in [1.29, 1.82) is 0 Å². The summed E-state index contributed by atoms with van der Waals surface area (Å²) in [5.74, 6) is 0. The summed E-state index contributed by atoms with van der Waals surface area (Å²) in [5.41, 5.74) is 15.4. The zero-order valence-electron chi connectivity index (χ0n) is 38.9. The first-order chi connectivity index (χ1) is 33.9. The van der Waals surface area contributed by atoms with E-state index >= 15 is 0 Å². The van der Waals surface area contributed by atoms with E-state index in [1.165, 1.54) is 50.1 Å². The summed E-state index contributed by atoms with van der Waals surface area (Å²) in [7, 11) is 0. The predicted molar refractivity (Wildman–Crippen MR) is 285 cm³/mol. The van der Waals surface area contributed by atoms with Crippen LogP contribution in [-0.4, -0.2) is 29.6 Å². The number of rotatable bonds is 10. The Bertz CT molecular complexity index is 2960. The van der Waals surface area contributed by atoms with Gasteiger partial charge < -0.3 is 19.7 Å². The van der Waals surface area contributed by atoms with Gasteiger partial charge in [-0.1, -0.05) is 178 Å². The van der Waals surface area contributed by atoms with Gasteiger partial charge in [0.15, 0.2) is 0 Å². The first-order valence-corrected chi connectivity index (χ1v) is 22.9. The van der Waals surface area contributed by atoms with Crippen molar-refractivity contribution in [1.82, 2.24) is 4.98 Å². The van der Waals surface area contributed by atoms with Gasteiger partial charge in [-0.3, -0.25) is 9.98 Å². The molecule has 7 heteroatoms. The molecule has 2 aliphatic carbocycles. The van der Waals surface area contributed by atoms with Crippen LogP contribution in [0.4, 0.5) is 0 Å². The van der Waals surface area contributed by atoms with Gasteiger partial charge in [0.25, 0.3) is 0 Å². The molecule has 8 aromatic carbocycles. The smallest absolute Gasteiger partial charge is 0.641 e. The van der Waals surface area contributed by atoms with Crippen LogP contribution in [0.2, 0.25) is 0 Å². The SMILES string of the molecule is C.CC(N=C1c2ccccc2-c2ccccc21)c1cccc(C(C)[N-]C2(Cc3ccccc3)c3ccccc3-c3ccccc32)n1.O=[C-]c1ccccc1.O=[C-]c1ccccc1.O=[C-]c1ccccc1.[Zr+2]. The van der Waals surface area contributed by atoms with Gasteiger partial charge in [0.05, 0.1) is 36.3 Å². The second-order valence-corrected chi connectivity index (χ2v) is 16.6. The van der Waals surface area contributed by atoms with Gasteiger partial charge in [-0.2, -0.15) is 53.1 Å². The van der Waals surface area contributed by atoms with Gasteiger partial charge in [-0.25, -0.2) is 0 Å². The van der Waals surface area contributed by atoms with E-state index in [1.807, 2.05) is 18.2 Å². The number of benzene rings is 8. The molecule has 0 fully saturated rings. The average molecular weight is 1000 g/mol. The van der Waals surface area contributed by atoms with E-state index in [-0.39, 0.29) is 45.7 Å². The minimum absolute atomic E-state index is 0. The minimum atomic E-state index is -0.519. The van der Waals surface area contributed by atoms with E-state index in [2.05, 4.69) is 159 Å². The van der Waals surface area contributed by atoms with E-state index in [0.29, 0.717) is 16.7 Å². The van der Waals surface area contributed by atoms with Crippen LogP contribution in [-0.2, 0) is 52.5 Å². The second kappa shape index (κ2) is 25.9. The largest absolute Gasteiger partial charge is 2.00 e. The van der Waals surface area contributed by atoms with Gasteiger partial charge >= 0.3 is 26.2 Å². The standard InChI is InChI=1S/C42H34N3.3C7H5O.CH4.Zr/c1-28(43-41-35-21-8-6-17-31(35)32-18-7-9-22-36(32)41)39-25-14-26-40(44-39)29(2)45-42(27-30-15-4-3-5-16-30)37-23-12-10-19-33(37)34-20-11-13-24-38(34)42;3*8-6-7-4-2-1-3-5-7;;/h3-26,28-29H,27H2,1-2H3;3*1-5H;1H4;/q4*-1;;+2. The van der Waals surface area contributed by atoms with E-state index in [0.717, 1.165) is 23.5 Å². The van der Waals surface area contributed by atoms with Crippen LogP contribution in [0, 0.1) is 0 Å². The molecule has 0 N–H and O–H groups in total. The molecule has 0 spiro atoms. The minimum Gasteiger partial charge on any atom is -0.641 e. The van der Waals surface area contributed by atoms with Crippen LogP contribution < -0.4 is 0 Å². The van der Waals surface area contributed by atoms with Crippen LogP contribution in [0.3, 0.4) is 0 Å². The number of pyridine rings is 1. The van der Waals surface area contributed by atoms with Crippen LogP contribution >= 0.6 is 0 Å². The molecule has 0 saturated heterocycles. The maximum absolute atomic E-state index is 9.88. The average Bonchev–Trinajstić information content (AvgIpc) is 3.89. The molecule has 0 saturated carbocycles. The van der Waals surface area contributed by atoms with Crippen LogP contribution in [0.1, 0.15) is 89.3 Å². The number of hydrogen-bond donors (Lipinski definition) is 0. The topological polar surface area (TPSA) is 90.6 Å². The van der Waals surface area contributed by atoms with Gasteiger partial charge in [0.2, 0.25) is 0 Å². The van der Waals surface area contributed by atoms with Crippen molar-refractivity contribution in [3.63, 3.8) is 0 Å². The molecule has 9 aromatic rings. The van der Waals surface area contributed by atoms with Crippen molar-refractivity contribution in [2.75, 3.05) is 0 Å². The quantitative estimate of drug-likeness (QED) is 0.128. The fourth-order valence-electron chi connectivity index (χ4n) is 8.81. The Labute approximate surface area is 437 Å². The zero-order chi connectivity index (χ0) is 47.8.